The molecule has 0 amide bonds. The van der Waals surface area contributed by atoms with Crippen molar-refractivity contribution in [2.75, 3.05) is 13.2 Å². The molecule has 2 rings (SSSR count). The maximum atomic E-state index is 5.13. The van der Waals surface area contributed by atoms with Gasteiger partial charge in [0.05, 0.1) is 18.6 Å². The summed E-state index contributed by atoms with van der Waals surface area (Å²) in [5, 5.41) is 3.22. The molecule has 1 fully saturated rings. The number of rotatable bonds is 1. The van der Waals surface area contributed by atoms with E-state index in [2.05, 4.69) is 11.9 Å². The Balaban J connectivity index is 2.27. The van der Waals surface area contributed by atoms with Crippen LogP contribution in [0, 0.1) is 0 Å². The number of aromatic nitrogens is 1. The van der Waals surface area contributed by atoms with E-state index in [1.165, 1.54) is 5.01 Å². The lowest BCUT2D eigenvalue weighted by molar-refractivity contribution is -0.0500. The van der Waals surface area contributed by atoms with E-state index in [0.29, 0.717) is 0 Å². The zero-order chi connectivity index (χ0) is 7.03. The van der Waals surface area contributed by atoms with Crippen LogP contribution in [0.15, 0.2) is 11.6 Å². The number of nitrogens with zero attached hydrogens (tertiary/aromatic N) is 1. The van der Waals surface area contributed by atoms with Crippen molar-refractivity contribution in [3.8, 4) is 0 Å². The smallest absolute Gasteiger partial charge is 0.103 e. The number of hydrogen-bond acceptors (Lipinski definition) is 3. The Morgan fingerprint density at radius 3 is 2.90 bits per heavy atom. The summed E-state index contributed by atoms with van der Waals surface area (Å²) in [6, 6.07) is 0. The molecule has 1 aliphatic heterocycles. The molecule has 10 heavy (non-hydrogen) atoms. The minimum absolute atomic E-state index is 0.230. The fraction of sp³-hybridized carbons (Fsp3) is 0.571. The largest absolute Gasteiger partial charge is 0.379 e. The maximum absolute atomic E-state index is 5.13. The van der Waals surface area contributed by atoms with Gasteiger partial charge in [0.25, 0.3) is 0 Å². The first kappa shape index (κ1) is 6.31. The van der Waals surface area contributed by atoms with E-state index in [9.17, 15) is 0 Å². The topological polar surface area (TPSA) is 22.1 Å². The molecule has 0 N–H and O–H groups in total. The molecular formula is C7H9NOS. The second-order valence-electron chi connectivity index (χ2n) is 2.89. The zero-order valence-electron chi connectivity index (χ0n) is 5.83. The van der Waals surface area contributed by atoms with E-state index < -0.39 is 0 Å². The Hall–Kier alpha value is -0.410. The van der Waals surface area contributed by atoms with E-state index in [0.717, 1.165) is 13.2 Å². The van der Waals surface area contributed by atoms with Gasteiger partial charge in [-0.1, -0.05) is 0 Å². The molecule has 1 saturated heterocycles. The highest BCUT2D eigenvalue weighted by molar-refractivity contribution is 7.09. The van der Waals surface area contributed by atoms with Crippen LogP contribution in [0.2, 0.25) is 0 Å². The molecule has 0 aliphatic carbocycles. The van der Waals surface area contributed by atoms with Crippen LogP contribution in [0.5, 0.6) is 0 Å². The van der Waals surface area contributed by atoms with Crippen LogP contribution >= 0.6 is 11.3 Å². The quantitative estimate of drug-likeness (QED) is 0.612. The van der Waals surface area contributed by atoms with Gasteiger partial charge >= 0.3 is 0 Å². The summed E-state index contributed by atoms with van der Waals surface area (Å²) in [6.45, 7) is 3.86. The van der Waals surface area contributed by atoms with Gasteiger partial charge in [-0.05, 0) is 6.92 Å². The molecule has 0 bridgehead atoms. The number of thiazole rings is 1. The normalized spacial score (nSPS) is 22.1. The van der Waals surface area contributed by atoms with Crippen LogP contribution in [0.25, 0.3) is 0 Å². The monoisotopic (exact) mass is 155 g/mol. The zero-order valence-corrected chi connectivity index (χ0v) is 6.65. The number of hydrogen-bond donors (Lipinski definition) is 0. The second kappa shape index (κ2) is 2.04. The molecule has 1 aromatic heterocycles. The van der Waals surface area contributed by atoms with E-state index in [-0.39, 0.29) is 5.41 Å². The summed E-state index contributed by atoms with van der Waals surface area (Å²) in [7, 11) is 0. The standard InChI is InChI=1S/C7H9NOS/c1-7(4-9-5-7)6-8-2-3-10-6/h2-3H,4-5H2,1H3. The third kappa shape index (κ3) is 0.777. The van der Waals surface area contributed by atoms with Crippen LogP contribution in [0.3, 0.4) is 0 Å². The Labute approximate surface area is 63.9 Å². The molecule has 1 aliphatic rings. The van der Waals surface area contributed by atoms with Crippen molar-refractivity contribution < 1.29 is 4.74 Å². The van der Waals surface area contributed by atoms with Crippen molar-refractivity contribution in [2.45, 2.75) is 12.3 Å². The average Bonchev–Trinajstić information content (AvgIpc) is 2.33. The predicted octanol–water partition coefficient (Wildman–Crippen LogP) is 1.43. The van der Waals surface area contributed by atoms with Gasteiger partial charge in [-0.25, -0.2) is 4.98 Å². The van der Waals surface area contributed by atoms with Crippen molar-refractivity contribution in [1.82, 2.24) is 4.98 Å². The van der Waals surface area contributed by atoms with E-state index in [1.54, 1.807) is 11.3 Å². The Morgan fingerprint density at radius 2 is 2.50 bits per heavy atom. The van der Waals surface area contributed by atoms with Crippen LogP contribution in [-0.2, 0) is 10.2 Å². The Morgan fingerprint density at radius 1 is 1.70 bits per heavy atom. The first-order valence-electron chi connectivity index (χ1n) is 3.29. The molecule has 54 valence electrons. The lowest BCUT2D eigenvalue weighted by Gasteiger charge is -2.35. The van der Waals surface area contributed by atoms with Crippen molar-refractivity contribution >= 4 is 11.3 Å². The highest BCUT2D eigenvalue weighted by Gasteiger charge is 2.37. The maximum Gasteiger partial charge on any atom is 0.103 e. The molecular weight excluding hydrogens is 146 g/mol. The van der Waals surface area contributed by atoms with Crippen molar-refractivity contribution in [3.63, 3.8) is 0 Å². The molecule has 2 nitrogen and oxygen atoms in total. The summed E-state index contributed by atoms with van der Waals surface area (Å²) in [6.07, 6.45) is 1.85. The first-order valence-corrected chi connectivity index (χ1v) is 4.17. The van der Waals surface area contributed by atoms with E-state index >= 15 is 0 Å². The molecule has 0 unspecified atom stereocenters. The molecule has 0 radical (unpaired) electrons. The predicted molar refractivity (Wildman–Crippen MR) is 40.3 cm³/mol. The fourth-order valence-electron chi connectivity index (χ4n) is 1.05. The van der Waals surface area contributed by atoms with Gasteiger partial charge in [-0.15, -0.1) is 11.3 Å². The van der Waals surface area contributed by atoms with Gasteiger partial charge in [-0.3, -0.25) is 0 Å². The lowest BCUT2D eigenvalue weighted by atomic mass is 9.90. The fourth-order valence-corrected chi connectivity index (χ4v) is 1.83. The van der Waals surface area contributed by atoms with Gasteiger partial charge in [-0.2, -0.15) is 0 Å². The van der Waals surface area contributed by atoms with Crippen LogP contribution in [-0.4, -0.2) is 18.2 Å². The van der Waals surface area contributed by atoms with Gasteiger partial charge in [0, 0.05) is 11.6 Å². The van der Waals surface area contributed by atoms with E-state index in [1.807, 2.05) is 11.6 Å². The molecule has 0 saturated carbocycles. The van der Waals surface area contributed by atoms with Crippen molar-refractivity contribution in [3.05, 3.63) is 16.6 Å². The van der Waals surface area contributed by atoms with Crippen LogP contribution in [0.1, 0.15) is 11.9 Å². The molecule has 0 atom stereocenters. The SMILES string of the molecule is CC1(c2nccs2)COC1. The highest BCUT2D eigenvalue weighted by atomic mass is 32.1. The molecule has 2 heterocycles. The van der Waals surface area contributed by atoms with Gasteiger partial charge < -0.3 is 4.74 Å². The number of ether oxygens (including phenoxy) is 1. The molecule has 0 spiro atoms. The third-order valence-corrected chi connectivity index (χ3v) is 2.87. The Bertz CT molecular complexity index is 216. The summed E-state index contributed by atoms with van der Waals surface area (Å²) in [5.74, 6) is 0. The highest BCUT2D eigenvalue weighted by Crippen LogP contribution is 2.32. The van der Waals surface area contributed by atoms with Crippen molar-refractivity contribution in [1.29, 1.82) is 0 Å². The van der Waals surface area contributed by atoms with Crippen LogP contribution < -0.4 is 0 Å². The van der Waals surface area contributed by atoms with Gasteiger partial charge in [0.15, 0.2) is 0 Å². The molecule has 0 aromatic carbocycles. The minimum atomic E-state index is 0.230. The van der Waals surface area contributed by atoms with Crippen LogP contribution in [0.4, 0.5) is 0 Å². The summed E-state index contributed by atoms with van der Waals surface area (Å²) in [4.78, 5) is 4.25. The summed E-state index contributed by atoms with van der Waals surface area (Å²) < 4.78 is 5.13. The third-order valence-electron chi connectivity index (χ3n) is 1.79. The molecule has 3 heteroatoms. The molecule has 1 aromatic rings. The average molecular weight is 155 g/mol. The Kier molecular flexibility index (Phi) is 1.28. The first-order chi connectivity index (χ1) is 4.81. The lowest BCUT2D eigenvalue weighted by Crippen LogP contribution is -2.43. The second-order valence-corrected chi connectivity index (χ2v) is 3.79. The van der Waals surface area contributed by atoms with E-state index in [4.69, 9.17) is 4.74 Å². The van der Waals surface area contributed by atoms with Gasteiger partial charge in [0.2, 0.25) is 0 Å². The van der Waals surface area contributed by atoms with Crippen molar-refractivity contribution in [2.24, 2.45) is 0 Å². The van der Waals surface area contributed by atoms with Gasteiger partial charge in [0.1, 0.15) is 5.01 Å². The summed E-state index contributed by atoms with van der Waals surface area (Å²) >= 11 is 1.71. The summed E-state index contributed by atoms with van der Waals surface area (Å²) in [5.41, 5.74) is 0.230. The minimum Gasteiger partial charge on any atom is -0.379 e.